The highest BCUT2D eigenvalue weighted by atomic mass is 16.2. The molecule has 1 heterocycles. The molecule has 22 heavy (non-hydrogen) atoms. The molecule has 5 nitrogen and oxygen atoms in total. The standard InChI is InChI=1S/C17H21N3O2/c21-16-14(19-11-12-7-9-18-10-8-12)15(17(16)22)20-13-5-3-1-2-4-6-13/h7-10,13,19-20H,1-6,11H2. The van der Waals surface area contributed by atoms with Gasteiger partial charge in [0.05, 0.1) is 0 Å². The molecule has 1 saturated carbocycles. The first kappa shape index (κ1) is 14.8. The van der Waals surface area contributed by atoms with Crippen molar-refractivity contribution in [3.63, 3.8) is 0 Å². The number of hydrogen-bond donors (Lipinski definition) is 2. The summed E-state index contributed by atoms with van der Waals surface area (Å²) in [5, 5.41) is 6.39. The summed E-state index contributed by atoms with van der Waals surface area (Å²) in [6.45, 7) is 0.521. The Morgan fingerprint density at radius 3 is 2.27 bits per heavy atom. The zero-order valence-corrected chi connectivity index (χ0v) is 12.6. The van der Waals surface area contributed by atoms with Crippen LogP contribution in [0.5, 0.6) is 0 Å². The van der Waals surface area contributed by atoms with Crippen LogP contribution in [0.4, 0.5) is 11.4 Å². The first-order chi connectivity index (χ1) is 10.8. The van der Waals surface area contributed by atoms with Crippen LogP contribution in [0.3, 0.4) is 0 Å². The third kappa shape index (κ3) is 3.18. The molecule has 1 aromatic carbocycles. The number of rotatable bonds is 5. The molecule has 1 fully saturated rings. The van der Waals surface area contributed by atoms with Crippen molar-refractivity contribution in [3.8, 4) is 0 Å². The number of hydrogen-bond acceptors (Lipinski definition) is 5. The minimum absolute atomic E-state index is 0.312. The van der Waals surface area contributed by atoms with Gasteiger partial charge in [-0.3, -0.25) is 14.6 Å². The van der Waals surface area contributed by atoms with Crippen LogP contribution in [-0.4, -0.2) is 11.0 Å². The maximum Gasteiger partial charge on any atom is 0.253 e. The molecule has 0 bridgehead atoms. The van der Waals surface area contributed by atoms with E-state index in [4.69, 9.17) is 0 Å². The third-order valence-electron chi connectivity index (χ3n) is 4.33. The number of nitrogens with one attached hydrogen (secondary N) is 2. The lowest BCUT2D eigenvalue weighted by molar-refractivity contribution is 0.619. The van der Waals surface area contributed by atoms with Gasteiger partial charge in [-0.2, -0.15) is 0 Å². The Morgan fingerprint density at radius 1 is 0.955 bits per heavy atom. The molecule has 0 amide bonds. The average molecular weight is 299 g/mol. The molecule has 1 aliphatic carbocycles. The van der Waals surface area contributed by atoms with Crippen molar-refractivity contribution in [2.75, 3.05) is 10.6 Å². The van der Waals surface area contributed by atoms with Crippen molar-refractivity contribution in [3.05, 3.63) is 50.5 Å². The number of nitrogens with zero attached hydrogens (tertiary/aromatic N) is 1. The minimum atomic E-state index is -0.412. The van der Waals surface area contributed by atoms with Gasteiger partial charge in [-0.25, -0.2) is 0 Å². The molecule has 1 aromatic heterocycles. The monoisotopic (exact) mass is 299 g/mol. The van der Waals surface area contributed by atoms with Crippen LogP contribution in [0.15, 0.2) is 34.1 Å². The van der Waals surface area contributed by atoms with Gasteiger partial charge in [0, 0.05) is 25.0 Å². The molecule has 2 aromatic rings. The summed E-state index contributed by atoms with van der Waals surface area (Å²) in [5.41, 5.74) is 1.15. The van der Waals surface area contributed by atoms with E-state index in [0.717, 1.165) is 18.4 Å². The summed E-state index contributed by atoms with van der Waals surface area (Å²) in [5.74, 6) is 0. The Labute approximate surface area is 129 Å². The predicted octanol–water partition coefficient (Wildman–Crippen LogP) is 2.42. The molecule has 2 N–H and O–H groups in total. The van der Waals surface area contributed by atoms with Gasteiger partial charge < -0.3 is 10.6 Å². The third-order valence-corrected chi connectivity index (χ3v) is 4.33. The molecular formula is C17H21N3O2. The zero-order chi connectivity index (χ0) is 15.4. The van der Waals surface area contributed by atoms with E-state index >= 15 is 0 Å². The van der Waals surface area contributed by atoms with Crippen molar-refractivity contribution in [2.45, 2.75) is 51.1 Å². The van der Waals surface area contributed by atoms with Crippen LogP contribution in [0.1, 0.15) is 44.1 Å². The average Bonchev–Trinajstić information content (AvgIpc) is 2.83. The fourth-order valence-electron chi connectivity index (χ4n) is 3.02. The fraction of sp³-hybridized carbons (Fsp3) is 0.471. The highest BCUT2D eigenvalue weighted by molar-refractivity contribution is 5.74. The first-order valence-electron chi connectivity index (χ1n) is 7.98. The van der Waals surface area contributed by atoms with Gasteiger partial charge in [0.15, 0.2) is 0 Å². The zero-order valence-electron chi connectivity index (χ0n) is 12.6. The lowest BCUT2D eigenvalue weighted by Gasteiger charge is -2.21. The summed E-state index contributed by atoms with van der Waals surface area (Å²) in [6.07, 6.45) is 10.5. The van der Waals surface area contributed by atoms with Gasteiger partial charge in [0.2, 0.25) is 0 Å². The van der Waals surface area contributed by atoms with E-state index in [0.29, 0.717) is 24.0 Å². The Balaban J connectivity index is 1.66. The highest BCUT2D eigenvalue weighted by Gasteiger charge is 2.23. The number of pyridine rings is 1. The molecule has 5 heteroatoms. The Hall–Kier alpha value is -2.17. The van der Waals surface area contributed by atoms with Crippen LogP contribution in [0.25, 0.3) is 0 Å². The Morgan fingerprint density at radius 2 is 1.59 bits per heavy atom. The lowest BCUT2D eigenvalue weighted by Crippen LogP contribution is -2.39. The summed E-state index contributed by atoms with van der Waals surface area (Å²) in [6, 6.07) is 4.08. The molecular weight excluding hydrogens is 278 g/mol. The van der Waals surface area contributed by atoms with Gasteiger partial charge in [-0.05, 0) is 30.5 Å². The van der Waals surface area contributed by atoms with E-state index in [9.17, 15) is 9.59 Å². The number of anilines is 2. The molecule has 3 rings (SSSR count). The second-order valence-electron chi connectivity index (χ2n) is 5.95. The second kappa shape index (κ2) is 6.73. The van der Waals surface area contributed by atoms with E-state index in [1.54, 1.807) is 12.4 Å². The van der Waals surface area contributed by atoms with Gasteiger partial charge in [0.25, 0.3) is 10.9 Å². The van der Waals surface area contributed by atoms with Crippen LogP contribution in [0.2, 0.25) is 0 Å². The van der Waals surface area contributed by atoms with E-state index in [-0.39, 0.29) is 5.43 Å². The molecule has 0 spiro atoms. The summed E-state index contributed by atoms with van der Waals surface area (Å²) < 4.78 is 0. The maximum absolute atomic E-state index is 11.8. The smallest absolute Gasteiger partial charge is 0.253 e. The number of aromatic nitrogens is 1. The Kier molecular flexibility index (Phi) is 4.51. The SMILES string of the molecule is O=c1c(NCc2ccncc2)c(NC2CCCCCC2)c1=O. The van der Waals surface area contributed by atoms with Crippen LogP contribution in [-0.2, 0) is 6.54 Å². The second-order valence-corrected chi connectivity index (χ2v) is 5.95. The summed E-state index contributed by atoms with van der Waals surface area (Å²) in [7, 11) is 0. The van der Waals surface area contributed by atoms with E-state index in [2.05, 4.69) is 15.6 Å². The van der Waals surface area contributed by atoms with Crippen LogP contribution in [0, 0.1) is 0 Å². The molecule has 1 aliphatic rings. The molecule has 116 valence electrons. The van der Waals surface area contributed by atoms with E-state index < -0.39 is 5.43 Å². The summed E-state index contributed by atoms with van der Waals surface area (Å²) in [4.78, 5) is 27.6. The maximum atomic E-state index is 11.8. The van der Waals surface area contributed by atoms with E-state index in [1.807, 2.05) is 12.1 Å². The van der Waals surface area contributed by atoms with Crippen molar-refractivity contribution in [1.29, 1.82) is 0 Å². The Bertz CT molecular complexity index is 682. The van der Waals surface area contributed by atoms with Crippen molar-refractivity contribution < 1.29 is 0 Å². The van der Waals surface area contributed by atoms with Crippen molar-refractivity contribution in [2.24, 2.45) is 0 Å². The first-order valence-corrected chi connectivity index (χ1v) is 7.98. The van der Waals surface area contributed by atoms with Gasteiger partial charge in [-0.1, -0.05) is 25.7 Å². The van der Waals surface area contributed by atoms with Crippen LogP contribution < -0.4 is 21.5 Å². The molecule has 0 radical (unpaired) electrons. The predicted molar refractivity (Wildman–Crippen MR) is 88.0 cm³/mol. The van der Waals surface area contributed by atoms with Crippen LogP contribution >= 0.6 is 0 Å². The summed E-state index contributed by atoms with van der Waals surface area (Å²) >= 11 is 0. The molecule has 0 atom stereocenters. The van der Waals surface area contributed by atoms with Crippen molar-refractivity contribution in [1.82, 2.24) is 4.98 Å². The largest absolute Gasteiger partial charge is 0.377 e. The molecule has 0 unspecified atom stereocenters. The highest BCUT2D eigenvalue weighted by Crippen LogP contribution is 2.23. The fourth-order valence-corrected chi connectivity index (χ4v) is 3.02. The lowest BCUT2D eigenvalue weighted by atomic mass is 10.1. The quantitative estimate of drug-likeness (QED) is 0.655. The van der Waals surface area contributed by atoms with E-state index in [1.165, 1.54) is 25.7 Å². The topological polar surface area (TPSA) is 71.1 Å². The normalized spacial score (nSPS) is 16.4. The molecule has 0 saturated heterocycles. The minimum Gasteiger partial charge on any atom is -0.377 e. The van der Waals surface area contributed by atoms with Gasteiger partial charge in [0.1, 0.15) is 11.4 Å². The molecule has 0 aliphatic heterocycles. The van der Waals surface area contributed by atoms with Gasteiger partial charge in [-0.15, -0.1) is 0 Å². The van der Waals surface area contributed by atoms with Gasteiger partial charge >= 0.3 is 0 Å². The van der Waals surface area contributed by atoms with Crippen molar-refractivity contribution >= 4 is 11.4 Å².